The number of nitrogens with two attached hydrogens (primary N) is 1. The highest BCUT2D eigenvalue weighted by atomic mass is 32.2. The smallest absolute Gasteiger partial charge is 0.344 e. The number of carbonyl (C=O) groups excluding carboxylic acids is 3. The maximum atomic E-state index is 12.8. The lowest BCUT2D eigenvalue weighted by Crippen LogP contribution is -2.26. The summed E-state index contributed by atoms with van der Waals surface area (Å²) in [5.74, 6) is -2.16. The van der Waals surface area contributed by atoms with Gasteiger partial charge in [-0.1, -0.05) is 11.8 Å². The Balaban J connectivity index is 2.42. The van der Waals surface area contributed by atoms with Crippen LogP contribution in [0, 0.1) is 6.92 Å². The number of carbonyl (C=O) groups is 3. The second-order valence-electron chi connectivity index (χ2n) is 5.76. The second kappa shape index (κ2) is 9.45. The van der Waals surface area contributed by atoms with E-state index in [0.29, 0.717) is 5.16 Å². The zero-order valence-electron chi connectivity index (χ0n) is 16.8. The summed E-state index contributed by atoms with van der Waals surface area (Å²) < 4.78 is 16.9. The molecule has 2 rings (SSSR count). The number of hydrogen-bond acceptors (Lipinski definition) is 10. The largest absolute Gasteiger partial charge is 0.462 e. The van der Waals surface area contributed by atoms with Gasteiger partial charge in [0.1, 0.15) is 22.9 Å². The van der Waals surface area contributed by atoms with Crippen LogP contribution in [-0.2, 0) is 14.3 Å². The van der Waals surface area contributed by atoms with Crippen LogP contribution in [0.25, 0.3) is 0 Å². The van der Waals surface area contributed by atoms with Crippen molar-refractivity contribution in [1.29, 1.82) is 0 Å². The Bertz CT molecular complexity index is 922. The van der Waals surface area contributed by atoms with E-state index in [4.69, 9.17) is 19.6 Å². The van der Waals surface area contributed by atoms with E-state index < -0.39 is 23.9 Å². The minimum absolute atomic E-state index is 0.0606. The fourth-order valence-corrected chi connectivity index (χ4v) is 3.18. The number of aromatic nitrogens is 3. The van der Waals surface area contributed by atoms with Gasteiger partial charge >= 0.3 is 11.9 Å². The highest BCUT2D eigenvalue weighted by Crippen LogP contribution is 2.30. The number of esters is 2. The SMILES string of the molecule is CCOC(=O)c1c(C)oc(NC(=O)C(C)n2c(N)nnc2SC)c1C(=O)OCC. The number of hydrogen-bond donors (Lipinski definition) is 2. The molecule has 1 atom stereocenters. The molecule has 2 heterocycles. The molecule has 2 aromatic heterocycles. The minimum atomic E-state index is -0.820. The average Bonchev–Trinajstić information content (AvgIpc) is 3.20. The number of nitrogens with zero attached hydrogens (tertiary/aromatic N) is 3. The molecule has 0 aliphatic heterocycles. The van der Waals surface area contributed by atoms with Gasteiger partial charge < -0.3 is 19.6 Å². The number of thioether (sulfide) groups is 1. The van der Waals surface area contributed by atoms with Gasteiger partial charge in [-0.25, -0.2) is 9.59 Å². The Labute approximate surface area is 171 Å². The number of furan rings is 1. The molecule has 158 valence electrons. The van der Waals surface area contributed by atoms with Crippen molar-refractivity contribution in [3.63, 3.8) is 0 Å². The van der Waals surface area contributed by atoms with Crippen molar-refractivity contribution >= 4 is 41.4 Å². The normalized spacial score (nSPS) is 11.8. The van der Waals surface area contributed by atoms with E-state index in [-0.39, 0.29) is 41.9 Å². The molecule has 0 aromatic carbocycles. The van der Waals surface area contributed by atoms with Crippen LogP contribution in [0.3, 0.4) is 0 Å². The summed E-state index contributed by atoms with van der Waals surface area (Å²) in [4.78, 5) is 37.6. The first-order valence-electron chi connectivity index (χ1n) is 8.79. The molecule has 0 fully saturated rings. The van der Waals surface area contributed by atoms with Crippen molar-refractivity contribution in [1.82, 2.24) is 14.8 Å². The van der Waals surface area contributed by atoms with E-state index in [2.05, 4.69) is 15.5 Å². The Morgan fingerprint density at radius 1 is 1.17 bits per heavy atom. The third-order valence-corrected chi connectivity index (χ3v) is 4.56. The number of nitrogens with one attached hydrogen (secondary N) is 1. The molecule has 0 radical (unpaired) electrons. The topological polar surface area (TPSA) is 152 Å². The van der Waals surface area contributed by atoms with Crippen LogP contribution in [0.1, 0.15) is 53.3 Å². The Morgan fingerprint density at radius 3 is 2.31 bits per heavy atom. The summed E-state index contributed by atoms with van der Waals surface area (Å²) in [7, 11) is 0. The van der Waals surface area contributed by atoms with Crippen molar-refractivity contribution in [3.05, 3.63) is 16.9 Å². The molecular formula is C17H23N5O6S. The quantitative estimate of drug-likeness (QED) is 0.474. The molecule has 1 unspecified atom stereocenters. The second-order valence-corrected chi connectivity index (χ2v) is 6.53. The van der Waals surface area contributed by atoms with Crippen molar-refractivity contribution in [2.45, 2.75) is 38.9 Å². The Hall–Kier alpha value is -3.02. The third kappa shape index (κ3) is 4.53. The van der Waals surface area contributed by atoms with Crippen molar-refractivity contribution in [3.8, 4) is 0 Å². The van der Waals surface area contributed by atoms with E-state index in [0.717, 1.165) is 0 Å². The molecule has 0 saturated carbocycles. The first-order chi connectivity index (χ1) is 13.8. The third-order valence-electron chi connectivity index (χ3n) is 3.92. The summed E-state index contributed by atoms with van der Waals surface area (Å²) in [6.45, 7) is 6.50. The molecule has 11 nitrogen and oxygen atoms in total. The van der Waals surface area contributed by atoms with Crippen LogP contribution in [-0.4, -0.2) is 52.1 Å². The number of aryl methyl sites for hydroxylation is 1. The lowest BCUT2D eigenvalue weighted by atomic mass is 10.1. The molecule has 0 spiro atoms. The van der Waals surface area contributed by atoms with E-state index >= 15 is 0 Å². The monoisotopic (exact) mass is 425 g/mol. The van der Waals surface area contributed by atoms with Crippen molar-refractivity contribution in [2.75, 3.05) is 30.5 Å². The van der Waals surface area contributed by atoms with Gasteiger partial charge in [-0.05, 0) is 34.0 Å². The maximum Gasteiger partial charge on any atom is 0.344 e. The van der Waals surface area contributed by atoms with E-state index in [1.807, 2.05) is 0 Å². The molecule has 29 heavy (non-hydrogen) atoms. The van der Waals surface area contributed by atoms with Crippen molar-refractivity contribution < 1.29 is 28.3 Å². The lowest BCUT2D eigenvalue weighted by molar-refractivity contribution is -0.119. The summed E-state index contributed by atoms with van der Waals surface area (Å²) in [5, 5.41) is 10.6. The number of nitrogen functional groups attached to an aromatic ring is 1. The van der Waals surface area contributed by atoms with Gasteiger partial charge in [-0.3, -0.25) is 14.7 Å². The summed E-state index contributed by atoms with van der Waals surface area (Å²) in [5.41, 5.74) is 5.51. The van der Waals surface area contributed by atoms with Gasteiger partial charge in [0.05, 0.1) is 13.2 Å². The highest BCUT2D eigenvalue weighted by molar-refractivity contribution is 7.98. The average molecular weight is 425 g/mol. The molecule has 0 bridgehead atoms. The molecule has 0 aliphatic rings. The number of anilines is 2. The zero-order valence-corrected chi connectivity index (χ0v) is 17.6. The maximum absolute atomic E-state index is 12.8. The minimum Gasteiger partial charge on any atom is -0.462 e. The molecular weight excluding hydrogens is 402 g/mol. The van der Waals surface area contributed by atoms with Gasteiger partial charge in [0.2, 0.25) is 17.7 Å². The first kappa shape index (κ1) is 22.3. The zero-order chi connectivity index (χ0) is 21.7. The van der Waals surface area contributed by atoms with Crippen LogP contribution in [0.2, 0.25) is 0 Å². The van der Waals surface area contributed by atoms with Gasteiger partial charge in [-0.15, -0.1) is 10.2 Å². The number of rotatable bonds is 8. The van der Waals surface area contributed by atoms with Crippen LogP contribution in [0.5, 0.6) is 0 Å². The van der Waals surface area contributed by atoms with Crippen LogP contribution < -0.4 is 11.1 Å². The van der Waals surface area contributed by atoms with Gasteiger partial charge in [-0.2, -0.15) is 0 Å². The highest BCUT2D eigenvalue weighted by Gasteiger charge is 2.32. The Kier molecular flexibility index (Phi) is 7.26. The molecule has 0 aliphatic carbocycles. The van der Waals surface area contributed by atoms with Crippen LogP contribution in [0.15, 0.2) is 9.57 Å². The fourth-order valence-electron chi connectivity index (χ4n) is 2.60. The predicted molar refractivity (Wildman–Crippen MR) is 105 cm³/mol. The number of amides is 1. The van der Waals surface area contributed by atoms with Crippen LogP contribution in [0.4, 0.5) is 11.8 Å². The van der Waals surface area contributed by atoms with Crippen molar-refractivity contribution in [2.24, 2.45) is 0 Å². The summed E-state index contributed by atoms with van der Waals surface area (Å²) in [6, 6.07) is -0.820. The van der Waals surface area contributed by atoms with Crippen LogP contribution >= 0.6 is 11.8 Å². The number of ether oxygens (including phenoxy) is 2. The van der Waals surface area contributed by atoms with E-state index in [1.54, 1.807) is 27.0 Å². The van der Waals surface area contributed by atoms with Gasteiger partial charge in [0.15, 0.2) is 5.16 Å². The predicted octanol–water partition coefficient (Wildman–Crippen LogP) is 2.04. The summed E-state index contributed by atoms with van der Waals surface area (Å²) >= 11 is 1.27. The molecule has 12 heteroatoms. The summed E-state index contributed by atoms with van der Waals surface area (Å²) in [6.07, 6.45) is 1.77. The first-order valence-corrected chi connectivity index (χ1v) is 10.0. The van der Waals surface area contributed by atoms with Gasteiger partial charge in [0, 0.05) is 0 Å². The fraction of sp³-hybridized carbons (Fsp3) is 0.471. The molecule has 2 aromatic rings. The van der Waals surface area contributed by atoms with E-state index in [1.165, 1.54) is 23.3 Å². The molecule has 0 saturated heterocycles. The Morgan fingerprint density at radius 2 is 1.76 bits per heavy atom. The molecule has 3 N–H and O–H groups in total. The standard InChI is InChI=1S/C17H23N5O6S/c1-6-26-14(24)10-9(4)28-13(11(10)15(25)27-7-2)19-12(23)8(3)22-16(18)20-21-17(22)29-5/h8H,6-7H2,1-5H3,(H2,18,20)(H,19,23). The van der Waals surface area contributed by atoms with Gasteiger partial charge in [0.25, 0.3) is 0 Å². The lowest BCUT2D eigenvalue weighted by Gasteiger charge is -2.15. The molecule has 1 amide bonds. The van der Waals surface area contributed by atoms with E-state index in [9.17, 15) is 14.4 Å².